The van der Waals surface area contributed by atoms with Gasteiger partial charge in [0.2, 0.25) is 0 Å². The first-order valence-electron chi connectivity index (χ1n) is 6.17. The summed E-state index contributed by atoms with van der Waals surface area (Å²) in [5.41, 5.74) is 5.13. The van der Waals surface area contributed by atoms with Crippen molar-refractivity contribution in [2.75, 3.05) is 25.1 Å². The maximum absolute atomic E-state index is 9.35. The van der Waals surface area contributed by atoms with Gasteiger partial charge in [-0.05, 0) is 31.9 Å². The van der Waals surface area contributed by atoms with Gasteiger partial charge in [-0.15, -0.1) is 0 Å². The Bertz CT molecular complexity index is 373. The molecule has 17 heavy (non-hydrogen) atoms. The predicted molar refractivity (Wildman–Crippen MR) is 74.8 cm³/mol. The van der Waals surface area contributed by atoms with Crippen LogP contribution in [0.15, 0.2) is 12.1 Å². The van der Waals surface area contributed by atoms with Crippen molar-refractivity contribution in [3.63, 3.8) is 0 Å². The molecule has 0 fully saturated rings. The van der Waals surface area contributed by atoms with Crippen LogP contribution in [0.5, 0.6) is 0 Å². The van der Waals surface area contributed by atoms with Crippen LogP contribution in [0.2, 0.25) is 0 Å². The number of hydrogen-bond acceptors (Lipinski definition) is 2. The third-order valence-electron chi connectivity index (χ3n) is 3.11. The molecule has 0 amide bonds. The maximum Gasteiger partial charge on any atom is 0.0499 e. The van der Waals surface area contributed by atoms with E-state index in [-0.39, 0.29) is 12.0 Å². The molecule has 96 valence electrons. The molecule has 0 aliphatic heterocycles. The summed E-state index contributed by atoms with van der Waals surface area (Å²) < 4.78 is 0. The van der Waals surface area contributed by atoms with Crippen LogP contribution in [0.1, 0.15) is 30.5 Å². The number of rotatable bonds is 4. The molecule has 0 heterocycles. The molecular formula is C15H25NO. The van der Waals surface area contributed by atoms with E-state index in [1.807, 2.05) is 0 Å². The highest BCUT2D eigenvalue weighted by Crippen LogP contribution is 2.28. The van der Waals surface area contributed by atoms with Gasteiger partial charge < -0.3 is 10.0 Å². The molecule has 0 atom stereocenters. The summed E-state index contributed by atoms with van der Waals surface area (Å²) in [4.78, 5) is 2.25. The van der Waals surface area contributed by atoms with E-state index in [1.54, 1.807) is 0 Å². The summed E-state index contributed by atoms with van der Waals surface area (Å²) in [5, 5.41) is 9.35. The molecule has 0 aliphatic rings. The largest absolute Gasteiger partial charge is 0.396 e. The van der Waals surface area contributed by atoms with Crippen molar-refractivity contribution in [3.8, 4) is 0 Å². The lowest BCUT2D eigenvalue weighted by atomic mass is 9.93. The van der Waals surface area contributed by atoms with E-state index in [2.05, 4.69) is 58.7 Å². The van der Waals surface area contributed by atoms with Crippen LogP contribution in [-0.4, -0.2) is 25.3 Å². The second kappa shape index (κ2) is 5.09. The lowest BCUT2D eigenvalue weighted by molar-refractivity contribution is 0.165. The Morgan fingerprint density at radius 1 is 1.12 bits per heavy atom. The van der Waals surface area contributed by atoms with Crippen molar-refractivity contribution >= 4 is 5.69 Å². The van der Waals surface area contributed by atoms with Gasteiger partial charge in [0, 0.05) is 31.3 Å². The molecule has 0 spiro atoms. The minimum Gasteiger partial charge on any atom is -0.396 e. The van der Waals surface area contributed by atoms with Gasteiger partial charge >= 0.3 is 0 Å². The minimum atomic E-state index is -0.0709. The molecule has 2 heteroatoms. The Kier molecular flexibility index (Phi) is 4.21. The molecule has 0 saturated heterocycles. The van der Waals surface area contributed by atoms with E-state index in [0.717, 1.165) is 6.54 Å². The molecule has 0 saturated carbocycles. The molecule has 1 aromatic carbocycles. The molecular weight excluding hydrogens is 210 g/mol. The number of anilines is 1. The second-order valence-electron chi connectivity index (χ2n) is 5.93. The third kappa shape index (κ3) is 3.47. The normalized spacial score (nSPS) is 11.7. The second-order valence-corrected chi connectivity index (χ2v) is 5.93. The molecule has 0 bridgehead atoms. The van der Waals surface area contributed by atoms with Crippen molar-refractivity contribution in [2.24, 2.45) is 5.41 Å². The van der Waals surface area contributed by atoms with Gasteiger partial charge in [-0.25, -0.2) is 0 Å². The fourth-order valence-electron chi connectivity index (χ4n) is 2.55. The Morgan fingerprint density at radius 2 is 1.59 bits per heavy atom. The Morgan fingerprint density at radius 3 is 2.00 bits per heavy atom. The molecule has 0 aromatic heterocycles. The molecule has 1 aromatic rings. The average Bonchev–Trinajstić information content (AvgIpc) is 2.14. The maximum atomic E-state index is 9.35. The highest BCUT2D eigenvalue weighted by molar-refractivity contribution is 5.59. The zero-order valence-electron chi connectivity index (χ0n) is 12.0. The summed E-state index contributed by atoms with van der Waals surface area (Å²) in [6.45, 7) is 11.7. The van der Waals surface area contributed by atoms with E-state index in [0.29, 0.717) is 0 Å². The fraction of sp³-hybridized carbons (Fsp3) is 0.600. The van der Waals surface area contributed by atoms with E-state index in [1.165, 1.54) is 22.4 Å². The van der Waals surface area contributed by atoms with E-state index < -0.39 is 0 Å². The van der Waals surface area contributed by atoms with Crippen LogP contribution >= 0.6 is 0 Å². The van der Waals surface area contributed by atoms with E-state index in [9.17, 15) is 5.11 Å². The summed E-state index contributed by atoms with van der Waals surface area (Å²) in [6, 6.07) is 4.43. The van der Waals surface area contributed by atoms with Crippen molar-refractivity contribution in [3.05, 3.63) is 28.8 Å². The van der Waals surface area contributed by atoms with Crippen LogP contribution in [0.4, 0.5) is 5.69 Å². The zero-order valence-corrected chi connectivity index (χ0v) is 12.0. The highest BCUT2D eigenvalue weighted by Gasteiger charge is 2.20. The quantitative estimate of drug-likeness (QED) is 0.867. The number of aliphatic hydroxyl groups is 1. The van der Waals surface area contributed by atoms with Gasteiger partial charge in [-0.2, -0.15) is 0 Å². The number of aliphatic hydroxyl groups excluding tert-OH is 1. The summed E-state index contributed by atoms with van der Waals surface area (Å²) in [6.07, 6.45) is 0. The van der Waals surface area contributed by atoms with Gasteiger partial charge in [0.05, 0.1) is 0 Å². The summed E-state index contributed by atoms with van der Waals surface area (Å²) in [5.74, 6) is 0. The van der Waals surface area contributed by atoms with E-state index >= 15 is 0 Å². The van der Waals surface area contributed by atoms with E-state index in [4.69, 9.17) is 0 Å². The number of aryl methyl sites for hydroxylation is 3. The number of nitrogens with zero attached hydrogens (tertiary/aromatic N) is 1. The molecule has 0 radical (unpaired) electrons. The van der Waals surface area contributed by atoms with Crippen molar-refractivity contribution in [2.45, 2.75) is 34.6 Å². The molecule has 1 rings (SSSR count). The average molecular weight is 235 g/mol. The van der Waals surface area contributed by atoms with Gasteiger partial charge in [0.25, 0.3) is 0 Å². The lowest BCUT2D eigenvalue weighted by Gasteiger charge is -2.32. The molecule has 1 N–H and O–H groups in total. The first-order valence-corrected chi connectivity index (χ1v) is 6.17. The Labute approximate surface area is 105 Å². The Hall–Kier alpha value is -1.02. The first-order chi connectivity index (χ1) is 7.76. The Balaban J connectivity index is 3.01. The van der Waals surface area contributed by atoms with Crippen LogP contribution < -0.4 is 4.90 Å². The highest BCUT2D eigenvalue weighted by atomic mass is 16.3. The fourth-order valence-corrected chi connectivity index (χ4v) is 2.55. The van der Waals surface area contributed by atoms with Gasteiger partial charge in [0.15, 0.2) is 0 Å². The van der Waals surface area contributed by atoms with Crippen LogP contribution in [0, 0.1) is 26.2 Å². The topological polar surface area (TPSA) is 23.5 Å². The van der Waals surface area contributed by atoms with Crippen molar-refractivity contribution in [1.82, 2.24) is 0 Å². The SMILES string of the molecule is Cc1cc(C)c(N(C)CC(C)(C)CO)c(C)c1. The van der Waals surface area contributed by atoms with Crippen LogP contribution in [0.25, 0.3) is 0 Å². The molecule has 2 nitrogen and oxygen atoms in total. The van der Waals surface area contributed by atoms with Gasteiger partial charge in [0.1, 0.15) is 0 Å². The van der Waals surface area contributed by atoms with Gasteiger partial charge in [-0.1, -0.05) is 31.5 Å². The molecule has 0 unspecified atom stereocenters. The predicted octanol–water partition coefficient (Wildman–Crippen LogP) is 3.07. The van der Waals surface area contributed by atoms with Crippen molar-refractivity contribution < 1.29 is 5.11 Å². The summed E-state index contributed by atoms with van der Waals surface area (Å²) in [7, 11) is 2.10. The van der Waals surface area contributed by atoms with Gasteiger partial charge in [-0.3, -0.25) is 0 Å². The first kappa shape index (κ1) is 14.0. The summed E-state index contributed by atoms with van der Waals surface area (Å²) >= 11 is 0. The van der Waals surface area contributed by atoms with Crippen LogP contribution in [-0.2, 0) is 0 Å². The number of hydrogen-bond donors (Lipinski definition) is 1. The van der Waals surface area contributed by atoms with Crippen LogP contribution in [0.3, 0.4) is 0 Å². The zero-order chi connectivity index (χ0) is 13.2. The minimum absolute atomic E-state index is 0.0709. The number of benzene rings is 1. The lowest BCUT2D eigenvalue weighted by Crippen LogP contribution is -2.34. The van der Waals surface area contributed by atoms with Crippen molar-refractivity contribution in [1.29, 1.82) is 0 Å². The monoisotopic (exact) mass is 235 g/mol. The smallest absolute Gasteiger partial charge is 0.0499 e. The standard InChI is InChI=1S/C15H25NO/c1-11-7-12(2)14(13(3)8-11)16(6)9-15(4,5)10-17/h7-8,17H,9-10H2,1-6H3. The molecule has 0 aliphatic carbocycles. The third-order valence-corrected chi connectivity index (χ3v) is 3.11.